The second-order valence-corrected chi connectivity index (χ2v) is 3.40. The number of rotatable bonds is 0. The van der Waals surface area contributed by atoms with Gasteiger partial charge in [0.1, 0.15) is 0 Å². The zero-order valence-corrected chi connectivity index (χ0v) is 9.91. The molecule has 0 aliphatic carbocycles. The Morgan fingerprint density at radius 3 is 0.850 bits per heavy atom. The molecule has 1 fully saturated rings. The number of hydrogen-bond donors (Lipinski definition) is 0. The number of ether oxygens (including phenoxy) is 4. The van der Waals surface area contributed by atoms with Gasteiger partial charge in [-0.3, -0.25) is 19.2 Å². The van der Waals surface area contributed by atoms with E-state index in [2.05, 4.69) is 18.9 Å². The Hall–Kier alpha value is -2.78. The van der Waals surface area contributed by atoms with E-state index in [1.807, 2.05) is 0 Å². The van der Waals surface area contributed by atoms with Gasteiger partial charge >= 0.3 is 36.2 Å². The minimum atomic E-state index is -1.57. The molecule has 0 unspecified atom stereocenters. The highest BCUT2D eigenvalue weighted by Crippen LogP contribution is 2.04. The largest absolute Gasteiger partial charge is 0.524 e. The molecule has 1 saturated heterocycles. The summed E-state index contributed by atoms with van der Waals surface area (Å²) in [5, 5.41) is 0. The number of esters is 4. The van der Waals surface area contributed by atoms with E-state index in [0.717, 1.165) is 0 Å². The molecule has 1 aliphatic heterocycles. The van der Waals surface area contributed by atoms with Gasteiger partial charge < -0.3 is 18.9 Å². The highest BCUT2D eigenvalue weighted by molar-refractivity contribution is 5.93. The average Bonchev–Trinajstić information content (AvgIpc) is 2.32. The van der Waals surface area contributed by atoms with Gasteiger partial charge in [-0.25, -0.2) is 9.59 Å². The van der Waals surface area contributed by atoms with Crippen LogP contribution in [0.1, 0.15) is 25.7 Å². The van der Waals surface area contributed by atoms with E-state index in [4.69, 9.17) is 0 Å². The van der Waals surface area contributed by atoms with Crippen molar-refractivity contribution in [3.8, 4) is 0 Å². The van der Waals surface area contributed by atoms with Crippen LogP contribution in [0.5, 0.6) is 0 Å². The number of hydrogen-bond acceptors (Lipinski definition) is 10. The van der Waals surface area contributed by atoms with Crippen LogP contribution in [0.2, 0.25) is 0 Å². The third-order valence-electron chi connectivity index (χ3n) is 1.86. The SMILES string of the molecule is O=C1CCC(=O)OC(=O)OC(=O)CCC(=O)OC(=O)O1. The molecule has 0 aromatic carbocycles. The van der Waals surface area contributed by atoms with Crippen molar-refractivity contribution in [3.63, 3.8) is 0 Å². The Bertz CT molecular complexity index is 392. The van der Waals surface area contributed by atoms with Crippen LogP contribution >= 0.6 is 0 Å². The molecule has 10 nitrogen and oxygen atoms in total. The molecule has 1 heterocycles. The van der Waals surface area contributed by atoms with Crippen molar-refractivity contribution in [2.45, 2.75) is 25.7 Å². The second-order valence-electron chi connectivity index (χ2n) is 3.40. The first-order valence-electron chi connectivity index (χ1n) is 5.27. The lowest BCUT2D eigenvalue weighted by Crippen LogP contribution is -2.22. The van der Waals surface area contributed by atoms with Crippen molar-refractivity contribution in [3.05, 3.63) is 0 Å². The van der Waals surface area contributed by atoms with Crippen LogP contribution in [0.3, 0.4) is 0 Å². The number of carbonyl (C=O) groups excluding carboxylic acids is 6. The zero-order chi connectivity index (χ0) is 15.1. The lowest BCUT2D eigenvalue weighted by molar-refractivity contribution is -0.154. The van der Waals surface area contributed by atoms with E-state index in [0.29, 0.717) is 0 Å². The lowest BCUT2D eigenvalue weighted by Gasteiger charge is -2.06. The minimum absolute atomic E-state index is 0.594. The maximum Gasteiger partial charge on any atom is 0.524 e. The molecule has 0 radical (unpaired) electrons. The van der Waals surface area contributed by atoms with Crippen LogP contribution in [0.25, 0.3) is 0 Å². The summed E-state index contributed by atoms with van der Waals surface area (Å²) < 4.78 is 16.2. The molecule has 0 atom stereocenters. The van der Waals surface area contributed by atoms with E-state index in [1.54, 1.807) is 0 Å². The normalized spacial score (nSPS) is 19.4. The Morgan fingerprint density at radius 2 is 0.650 bits per heavy atom. The van der Waals surface area contributed by atoms with Crippen LogP contribution in [0.15, 0.2) is 0 Å². The van der Waals surface area contributed by atoms with Gasteiger partial charge in [0.2, 0.25) is 0 Å². The van der Waals surface area contributed by atoms with E-state index in [1.165, 1.54) is 0 Å². The summed E-state index contributed by atoms with van der Waals surface area (Å²) in [5.74, 6) is -4.61. The predicted octanol–water partition coefficient (Wildman–Crippen LogP) is -0.0268. The summed E-state index contributed by atoms with van der Waals surface area (Å²) in [5.41, 5.74) is 0. The minimum Gasteiger partial charge on any atom is -0.360 e. The fourth-order valence-electron chi connectivity index (χ4n) is 1.03. The number of carbonyl (C=O) groups is 6. The van der Waals surface area contributed by atoms with Gasteiger partial charge in [-0.2, -0.15) is 0 Å². The molecule has 0 aromatic rings. The lowest BCUT2D eigenvalue weighted by atomic mass is 10.3. The Morgan fingerprint density at radius 1 is 0.450 bits per heavy atom. The van der Waals surface area contributed by atoms with Crippen molar-refractivity contribution >= 4 is 36.2 Å². The summed E-state index contributed by atoms with van der Waals surface area (Å²) in [7, 11) is 0. The Balaban J connectivity index is 2.69. The van der Waals surface area contributed by atoms with Gasteiger partial charge in [-0.05, 0) is 0 Å². The molecule has 0 amide bonds. The molecule has 10 heteroatoms. The molecular weight excluding hydrogens is 280 g/mol. The van der Waals surface area contributed by atoms with Crippen LogP contribution in [-0.2, 0) is 38.1 Å². The fraction of sp³-hybridized carbons (Fsp3) is 0.400. The van der Waals surface area contributed by atoms with Gasteiger partial charge in [-0.15, -0.1) is 0 Å². The Kier molecular flexibility index (Phi) is 5.32. The Labute approximate surface area is 110 Å². The van der Waals surface area contributed by atoms with Gasteiger partial charge in [0, 0.05) is 0 Å². The standard InChI is InChI=1S/C10H8O10/c11-5-1-2-6(12)18-10(16)20-8(14)4-3-7(13)19-9(15)17-5/h1-4H2. The predicted molar refractivity (Wildman–Crippen MR) is 53.6 cm³/mol. The summed E-state index contributed by atoms with van der Waals surface area (Å²) in [4.78, 5) is 66.0. The molecule has 0 spiro atoms. The van der Waals surface area contributed by atoms with Crippen LogP contribution in [0, 0.1) is 0 Å². The zero-order valence-electron chi connectivity index (χ0n) is 9.91. The van der Waals surface area contributed by atoms with Crippen molar-refractivity contribution in [2.75, 3.05) is 0 Å². The molecule has 0 saturated carbocycles. The third-order valence-corrected chi connectivity index (χ3v) is 1.86. The van der Waals surface area contributed by atoms with E-state index < -0.39 is 61.9 Å². The monoisotopic (exact) mass is 288 g/mol. The molecule has 1 aliphatic rings. The van der Waals surface area contributed by atoms with Gasteiger partial charge in [0.05, 0.1) is 25.7 Å². The van der Waals surface area contributed by atoms with Crippen molar-refractivity contribution in [1.82, 2.24) is 0 Å². The molecule has 0 aromatic heterocycles. The first-order valence-corrected chi connectivity index (χ1v) is 5.27. The summed E-state index contributed by atoms with van der Waals surface area (Å²) in [6, 6.07) is 0. The highest BCUT2D eigenvalue weighted by Gasteiger charge is 2.22. The van der Waals surface area contributed by atoms with Crippen molar-refractivity contribution in [2.24, 2.45) is 0 Å². The maximum atomic E-state index is 11.0. The van der Waals surface area contributed by atoms with E-state index in [9.17, 15) is 28.8 Å². The maximum absolute atomic E-state index is 11.0. The van der Waals surface area contributed by atoms with Gasteiger partial charge in [-0.1, -0.05) is 0 Å². The van der Waals surface area contributed by atoms with Crippen LogP contribution < -0.4 is 0 Å². The smallest absolute Gasteiger partial charge is 0.360 e. The molecular formula is C10H8O10. The fourth-order valence-corrected chi connectivity index (χ4v) is 1.03. The van der Waals surface area contributed by atoms with Gasteiger partial charge in [0.15, 0.2) is 0 Å². The molecule has 0 bridgehead atoms. The van der Waals surface area contributed by atoms with Crippen molar-refractivity contribution < 1.29 is 47.7 Å². The van der Waals surface area contributed by atoms with E-state index in [-0.39, 0.29) is 0 Å². The molecule has 1 rings (SSSR count). The quantitative estimate of drug-likeness (QED) is 0.440. The summed E-state index contributed by atoms with van der Waals surface area (Å²) in [6.45, 7) is 0. The highest BCUT2D eigenvalue weighted by atomic mass is 16.8. The van der Waals surface area contributed by atoms with Crippen LogP contribution in [-0.4, -0.2) is 36.2 Å². The molecule has 20 heavy (non-hydrogen) atoms. The first-order chi connectivity index (χ1) is 9.36. The summed E-state index contributed by atoms with van der Waals surface area (Å²) in [6.07, 6.45) is -5.52. The number of cyclic esters (lactones) is 8. The average molecular weight is 288 g/mol. The molecule has 0 N–H and O–H groups in total. The second kappa shape index (κ2) is 6.97. The van der Waals surface area contributed by atoms with Crippen molar-refractivity contribution in [1.29, 1.82) is 0 Å². The van der Waals surface area contributed by atoms with Crippen LogP contribution in [0.4, 0.5) is 9.59 Å². The summed E-state index contributed by atoms with van der Waals surface area (Å²) >= 11 is 0. The molecule has 108 valence electrons. The topological polar surface area (TPSA) is 139 Å². The van der Waals surface area contributed by atoms with E-state index >= 15 is 0 Å². The first kappa shape index (κ1) is 15.3. The third kappa shape index (κ3) is 5.71. The van der Waals surface area contributed by atoms with Gasteiger partial charge in [0.25, 0.3) is 0 Å².